The number of hydrogen-bond acceptors (Lipinski definition) is 3. The van der Waals surface area contributed by atoms with E-state index in [1.54, 1.807) is 12.3 Å². The van der Waals surface area contributed by atoms with Crippen molar-refractivity contribution in [2.24, 2.45) is 0 Å². The van der Waals surface area contributed by atoms with Gasteiger partial charge in [0.25, 0.3) is 5.91 Å². The normalized spacial score (nSPS) is 23.8. The molecule has 0 N–H and O–H groups in total. The number of ether oxygens (including phenoxy) is 1. The van der Waals surface area contributed by atoms with Crippen LogP contribution in [-0.4, -0.2) is 30.5 Å². The van der Waals surface area contributed by atoms with E-state index in [9.17, 15) is 4.79 Å². The van der Waals surface area contributed by atoms with Gasteiger partial charge in [-0.1, -0.05) is 24.3 Å². The van der Waals surface area contributed by atoms with Crippen LogP contribution in [0.1, 0.15) is 33.7 Å². The number of morpholine rings is 1. The van der Waals surface area contributed by atoms with Crippen molar-refractivity contribution < 1.29 is 13.9 Å². The first kappa shape index (κ1) is 13.6. The fourth-order valence-electron chi connectivity index (χ4n) is 3.66. The molecule has 4 heteroatoms. The molecule has 1 aliphatic heterocycles. The van der Waals surface area contributed by atoms with Crippen LogP contribution < -0.4 is 0 Å². The van der Waals surface area contributed by atoms with Crippen LogP contribution >= 0.6 is 0 Å². The average Bonchev–Trinajstić information content (AvgIpc) is 3.12. The third kappa shape index (κ3) is 2.06. The molecule has 1 aromatic heterocycles. The molecule has 1 spiro atoms. The zero-order chi connectivity index (χ0) is 15.2. The second-order valence-electron chi connectivity index (χ2n) is 6.17. The molecule has 0 saturated carbocycles. The molecule has 0 unspecified atom stereocenters. The van der Waals surface area contributed by atoms with Gasteiger partial charge in [-0.2, -0.15) is 0 Å². The Balaban J connectivity index is 1.62. The van der Waals surface area contributed by atoms with Crippen LogP contribution in [0.4, 0.5) is 0 Å². The van der Waals surface area contributed by atoms with Crippen molar-refractivity contribution in [1.29, 1.82) is 0 Å². The van der Waals surface area contributed by atoms with E-state index < -0.39 is 0 Å². The summed E-state index contributed by atoms with van der Waals surface area (Å²) >= 11 is 0. The smallest absolute Gasteiger partial charge is 0.257 e. The van der Waals surface area contributed by atoms with Crippen LogP contribution in [0, 0.1) is 6.92 Å². The number of amides is 1. The number of nitrogens with zero attached hydrogens (tertiary/aromatic N) is 1. The number of aryl methyl sites for hydroxylation is 2. The summed E-state index contributed by atoms with van der Waals surface area (Å²) in [6.45, 7) is 3.68. The largest absolute Gasteiger partial charge is 0.469 e. The topological polar surface area (TPSA) is 42.7 Å². The van der Waals surface area contributed by atoms with Crippen LogP contribution in [0.3, 0.4) is 0 Å². The van der Waals surface area contributed by atoms with Crippen molar-refractivity contribution in [2.75, 3.05) is 19.7 Å². The summed E-state index contributed by atoms with van der Waals surface area (Å²) in [4.78, 5) is 14.6. The maximum Gasteiger partial charge on any atom is 0.257 e. The molecule has 0 bridgehead atoms. The molecule has 114 valence electrons. The maximum absolute atomic E-state index is 12.7. The third-order valence-corrected chi connectivity index (χ3v) is 4.76. The van der Waals surface area contributed by atoms with Crippen molar-refractivity contribution in [3.8, 4) is 0 Å². The second-order valence-corrected chi connectivity index (χ2v) is 6.17. The number of benzene rings is 1. The van der Waals surface area contributed by atoms with E-state index in [0.29, 0.717) is 25.3 Å². The van der Waals surface area contributed by atoms with Gasteiger partial charge in [-0.25, -0.2) is 0 Å². The predicted octanol–water partition coefficient (Wildman–Crippen LogP) is 2.90. The van der Waals surface area contributed by atoms with Gasteiger partial charge >= 0.3 is 0 Å². The Bertz CT molecular complexity index is 717. The highest BCUT2D eigenvalue weighted by atomic mass is 16.5. The first-order valence-electron chi connectivity index (χ1n) is 7.75. The van der Waals surface area contributed by atoms with Gasteiger partial charge in [0, 0.05) is 6.54 Å². The zero-order valence-electron chi connectivity index (χ0n) is 12.7. The van der Waals surface area contributed by atoms with E-state index in [4.69, 9.17) is 9.15 Å². The van der Waals surface area contributed by atoms with E-state index in [2.05, 4.69) is 24.3 Å². The van der Waals surface area contributed by atoms with E-state index in [0.717, 1.165) is 18.6 Å². The summed E-state index contributed by atoms with van der Waals surface area (Å²) in [5.41, 5.74) is 2.89. The molecule has 4 rings (SSSR count). The lowest BCUT2D eigenvalue weighted by Gasteiger charge is -2.41. The molecule has 2 heterocycles. The van der Waals surface area contributed by atoms with E-state index in [1.807, 2.05) is 11.8 Å². The molecule has 1 aromatic carbocycles. The van der Waals surface area contributed by atoms with Crippen molar-refractivity contribution in [3.63, 3.8) is 0 Å². The Morgan fingerprint density at radius 1 is 1.32 bits per heavy atom. The molecule has 2 aromatic rings. The Labute approximate surface area is 129 Å². The number of furan rings is 1. The van der Waals surface area contributed by atoms with Crippen molar-refractivity contribution in [3.05, 3.63) is 59.0 Å². The number of carbonyl (C=O) groups excluding carboxylic acids is 1. The Hall–Kier alpha value is -2.07. The lowest BCUT2D eigenvalue weighted by atomic mass is 9.93. The van der Waals surface area contributed by atoms with Gasteiger partial charge in [-0.15, -0.1) is 0 Å². The highest BCUT2D eigenvalue weighted by Gasteiger charge is 2.44. The summed E-state index contributed by atoms with van der Waals surface area (Å²) in [7, 11) is 0. The van der Waals surface area contributed by atoms with E-state index >= 15 is 0 Å². The molecule has 1 fully saturated rings. The quantitative estimate of drug-likeness (QED) is 0.813. The minimum atomic E-state index is -0.330. The maximum atomic E-state index is 12.7. The molecule has 4 nitrogen and oxygen atoms in total. The Morgan fingerprint density at radius 3 is 3.00 bits per heavy atom. The first-order valence-corrected chi connectivity index (χ1v) is 7.75. The standard InChI is InChI=1S/C18H19NO3/c1-13-10-15(11-21-13)17(20)19-8-9-22-18(12-19)7-6-14-4-2-3-5-16(14)18/h2-5,10-11H,6-9,12H2,1H3/t18-/m1/s1. The molecule has 0 radical (unpaired) electrons. The van der Waals surface area contributed by atoms with Gasteiger partial charge in [0.2, 0.25) is 0 Å². The molecule has 2 aliphatic rings. The number of fused-ring (bicyclic) bond motifs is 2. The van der Waals surface area contributed by atoms with Crippen LogP contribution in [0.5, 0.6) is 0 Å². The highest BCUT2D eigenvalue weighted by Crippen LogP contribution is 2.42. The molecule has 1 saturated heterocycles. The van der Waals surface area contributed by atoms with Gasteiger partial charge in [0.05, 0.1) is 18.7 Å². The van der Waals surface area contributed by atoms with Crippen LogP contribution in [0.2, 0.25) is 0 Å². The minimum absolute atomic E-state index is 0.0314. The first-order chi connectivity index (χ1) is 10.7. The van der Waals surface area contributed by atoms with Gasteiger partial charge in [0.15, 0.2) is 0 Å². The molecule has 1 aliphatic carbocycles. The fourth-order valence-corrected chi connectivity index (χ4v) is 3.66. The lowest BCUT2D eigenvalue weighted by Crippen LogP contribution is -2.51. The van der Waals surface area contributed by atoms with Crippen LogP contribution in [-0.2, 0) is 16.8 Å². The third-order valence-electron chi connectivity index (χ3n) is 4.76. The highest BCUT2D eigenvalue weighted by molar-refractivity contribution is 5.94. The van der Waals surface area contributed by atoms with Crippen molar-refractivity contribution in [1.82, 2.24) is 4.90 Å². The van der Waals surface area contributed by atoms with Crippen LogP contribution in [0.25, 0.3) is 0 Å². The molecule has 22 heavy (non-hydrogen) atoms. The Kier molecular flexibility index (Phi) is 3.08. The minimum Gasteiger partial charge on any atom is -0.469 e. The summed E-state index contributed by atoms with van der Waals surface area (Å²) in [5, 5.41) is 0. The van der Waals surface area contributed by atoms with Gasteiger partial charge in [0.1, 0.15) is 17.6 Å². The van der Waals surface area contributed by atoms with Gasteiger partial charge in [-0.3, -0.25) is 4.79 Å². The van der Waals surface area contributed by atoms with Crippen molar-refractivity contribution >= 4 is 5.91 Å². The second kappa shape index (κ2) is 4.99. The fraction of sp³-hybridized carbons (Fsp3) is 0.389. The zero-order valence-corrected chi connectivity index (χ0v) is 12.7. The van der Waals surface area contributed by atoms with Gasteiger partial charge in [-0.05, 0) is 37.0 Å². The predicted molar refractivity (Wildman–Crippen MR) is 81.7 cm³/mol. The summed E-state index contributed by atoms with van der Waals surface area (Å²) < 4.78 is 11.4. The van der Waals surface area contributed by atoms with Crippen molar-refractivity contribution in [2.45, 2.75) is 25.4 Å². The molecular formula is C18H19NO3. The van der Waals surface area contributed by atoms with E-state index in [-0.39, 0.29) is 11.5 Å². The SMILES string of the molecule is Cc1cc(C(=O)N2CCO[C@]3(CCc4ccccc43)C2)co1. The molecular weight excluding hydrogens is 278 g/mol. The van der Waals surface area contributed by atoms with Crippen LogP contribution in [0.15, 0.2) is 41.0 Å². The monoisotopic (exact) mass is 297 g/mol. The lowest BCUT2D eigenvalue weighted by molar-refractivity contribution is -0.103. The average molecular weight is 297 g/mol. The van der Waals surface area contributed by atoms with E-state index in [1.165, 1.54) is 11.1 Å². The van der Waals surface area contributed by atoms with Gasteiger partial charge < -0.3 is 14.1 Å². The molecule has 1 atom stereocenters. The number of hydrogen-bond donors (Lipinski definition) is 0. The number of carbonyl (C=O) groups is 1. The summed E-state index contributed by atoms with van der Waals surface area (Å²) in [6, 6.07) is 10.2. The summed E-state index contributed by atoms with van der Waals surface area (Å²) in [5.74, 6) is 0.793. The number of rotatable bonds is 1. The molecule has 1 amide bonds. The Morgan fingerprint density at radius 2 is 2.18 bits per heavy atom. The summed E-state index contributed by atoms with van der Waals surface area (Å²) in [6.07, 6.45) is 3.51.